The zero-order valence-corrected chi connectivity index (χ0v) is 16.2. The number of benzene rings is 2. The fraction of sp³-hybridized carbons (Fsp3) is 0.333. The summed E-state index contributed by atoms with van der Waals surface area (Å²) in [5, 5.41) is 3.31. The third-order valence-electron chi connectivity index (χ3n) is 4.73. The second kappa shape index (κ2) is 8.86. The molecule has 148 valence electrons. The lowest BCUT2D eigenvalue weighted by molar-refractivity contribution is 0.0280. The fourth-order valence-corrected chi connectivity index (χ4v) is 3.24. The van der Waals surface area contributed by atoms with Gasteiger partial charge in [-0.15, -0.1) is 0 Å². The van der Waals surface area contributed by atoms with E-state index in [0.29, 0.717) is 24.5 Å². The maximum absolute atomic E-state index is 13.1. The SMILES string of the molecule is COC(=O)c1ccc(C(=O)N(C)c2ccccc2C2CNCCO2)cc1OC. The molecule has 2 aromatic carbocycles. The van der Waals surface area contributed by atoms with Gasteiger partial charge in [-0.25, -0.2) is 4.79 Å². The van der Waals surface area contributed by atoms with E-state index in [-0.39, 0.29) is 17.6 Å². The van der Waals surface area contributed by atoms with E-state index < -0.39 is 5.97 Å². The van der Waals surface area contributed by atoms with Gasteiger partial charge in [0.15, 0.2) is 0 Å². The van der Waals surface area contributed by atoms with Crippen LogP contribution in [0, 0.1) is 0 Å². The molecule has 1 atom stereocenters. The molecule has 0 spiro atoms. The Bertz CT molecular complexity index is 862. The van der Waals surface area contributed by atoms with E-state index in [1.807, 2.05) is 24.3 Å². The number of amides is 1. The van der Waals surface area contributed by atoms with Crippen LogP contribution in [0.15, 0.2) is 42.5 Å². The Labute approximate surface area is 164 Å². The van der Waals surface area contributed by atoms with Gasteiger partial charge in [0.1, 0.15) is 11.3 Å². The van der Waals surface area contributed by atoms with Gasteiger partial charge in [0, 0.05) is 37.0 Å². The van der Waals surface area contributed by atoms with E-state index in [2.05, 4.69) is 5.32 Å². The third-order valence-corrected chi connectivity index (χ3v) is 4.73. The predicted molar refractivity (Wildman–Crippen MR) is 105 cm³/mol. The third kappa shape index (κ3) is 4.00. The van der Waals surface area contributed by atoms with Crippen molar-refractivity contribution in [3.8, 4) is 5.75 Å². The number of esters is 1. The van der Waals surface area contributed by atoms with Crippen LogP contribution in [0.5, 0.6) is 5.75 Å². The summed E-state index contributed by atoms with van der Waals surface area (Å²) in [5.74, 6) is -0.443. The topological polar surface area (TPSA) is 77.1 Å². The highest BCUT2D eigenvalue weighted by atomic mass is 16.5. The Morgan fingerprint density at radius 3 is 2.64 bits per heavy atom. The highest BCUT2D eigenvalue weighted by Crippen LogP contribution is 2.30. The van der Waals surface area contributed by atoms with Gasteiger partial charge in [-0.05, 0) is 24.3 Å². The van der Waals surface area contributed by atoms with E-state index >= 15 is 0 Å². The van der Waals surface area contributed by atoms with Gasteiger partial charge < -0.3 is 24.4 Å². The molecular formula is C21H24N2O5. The summed E-state index contributed by atoms with van der Waals surface area (Å²) in [6.07, 6.45) is -0.114. The number of anilines is 1. The average Bonchev–Trinajstić information content (AvgIpc) is 2.77. The molecular weight excluding hydrogens is 360 g/mol. The second-order valence-corrected chi connectivity index (χ2v) is 6.39. The summed E-state index contributed by atoms with van der Waals surface area (Å²) in [7, 11) is 4.47. The Balaban J connectivity index is 1.90. The minimum atomic E-state index is -0.517. The summed E-state index contributed by atoms with van der Waals surface area (Å²) >= 11 is 0. The van der Waals surface area contributed by atoms with Crippen LogP contribution in [-0.4, -0.2) is 52.8 Å². The van der Waals surface area contributed by atoms with E-state index in [9.17, 15) is 9.59 Å². The zero-order valence-electron chi connectivity index (χ0n) is 16.2. The van der Waals surface area contributed by atoms with Gasteiger partial charge in [-0.1, -0.05) is 18.2 Å². The smallest absolute Gasteiger partial charge is 0.341 e. The van der Waals surface area contributed by atoms with Gasteiger partial charge in [0.05, 0.1) is 26.9 Å². The van der Waals surface area contributed by atoms with Crippen molar-refractivity contribution in [1.82, 2.24) is 5.32 Å². The lowest BCUT2D eigenvalue weighted by atomic mass is 10.0. The predicted octanol–water partition coefficient (Wildman–Crippen LogP) is 2.42. The van der Waals surface area contributed by atoms with Crippen LogP contribution in [0.3, 0.4) is 0 Å². The number of methoxy groups -OCH3 is 2. The van der Waals surface area contributed by atoms with Gasteiger partial charge in [-0.2, -0.15) is 0 Å². The fourth-order valence-electron chi connectivity index (χ4n) is 3.24. The maximum Gasteiger partial charge on any atom is 0.341 e. The quantitative estimate of drug-likeness (QED) is 0.798. The monoisotopic (exact) mass is 384 g/mol. The minimum Gasteiger partial charge on any atom is -0.496 e. The number of nitrogens with one attached hydrogen (secondary N) is 1. The van der Waals surface area contributed by atoms with Crippen molar-refractivity contribution in [2.45, 2.75) is 6.10 Å². The molecule has 1 fully saturated rings. The number of para-hydroxylation sites is 1. The van der Waals surface area contributed by atoms with Crippen molar-refractivity contribution in [1.29, 1.82) is 0 Å². The molecule has 3 rings (SSSR count). The van der Waals surface area contributed by atoms with E-state index in [1.165, 1.54) is 20.3 Å². The minimum absolute atomic E-state index is 0.114. The molecule has 0 radical (unpaired) electrons. The molecule has 0 aromatic heterocycles. The second-order valence-electron chi connectivity index (χ2n) is 6.39. The van der Waals surface area contributed by atoms with Crippen LogP contribution in [0.1, 0.15) is 32.4 Å². The molecule has 1 heterocycles. The van der Waals surface area contributed by atoms with E-state index in [0.717, 1.165) is 17.8 Å². The van der Waals surface area contributed by atoms with E-state index in [1.54, 1.807) is 24.1 Å². The highest BCUT2D eigenvalue weighted by molar-refractivity contribution is 6.07. The first-order chi connectivity index (χ1) is 13.6. The van der Waals surface area contributed by atoms with Crippen LogP contribution in [-0.2, 0) is 9.47 Å². The first kappa shape index (κ1) is 19.9. The average molecular weight is 384 g/mol. The summed E-state index contributed by atoms with van der Waals surface area (Å²) in [6.45, 7) is 2.14. The molecule has 7 nitrogen and oxygen atoms in total. The molecule has 1 saturated heterocycles. The van der Waals surface area contributed by atoms with Crippen LogP contribution in [0.4, 0.5) is 5.69 Å². The molecule has 1 N–H and O–H groups in total. The highest BCUT2D eigenvalue weighted by Gasteiger charge is 2.24. The summed E-state index contributed by atoms with van der Waals surface area (Å²) in [4.78, 5) is 26.5. The van der Waals surface area contributed by atoms with Crippen LogP contribution in [0.2, 0.25) is 0 Å². The van der Waals surface area contributed by atoms with Crippen molar-refractivity contribution in [2.75, 3.05) is 45.9 Å². The normalized spacial score (nSPS) is 16.3. The molecule has 0 bridgehead atoms. The van der Waals surface area contributed by atoms with Gasteiger partial charge in [-0.3, -0.25) is 4.79 Å². The number of carbonyl (C=O) groups excluding carboxylic acids is 2. The molecule has 1 aliphatic rings. The molecule has 1 amide bonds. The number of nitrogens with zero attached hydrogens (tertiary/aromatic N) is 1. The standard InChI is InChI=1S/C21H24N2O5/c1-23(17-7-5-4-6-15(17)19-13-22-10-11-28-19)20(24)14-8-9-16(21(25)27-3)18(12-14)26-2/h4-9,12,19,22H,10-11,13H2,1-3H3. The number of hydrogen-bond acceptors (Lipinski definition) is 6. The Morgan fingerprint density at radius 1 is 1.18 bits per heavy atom. The van der Waals surface area contributed by atoms with Crippen LogP contribution < -0.4 is 15.0 Å². The molecule has 1 unspecified atom stereocenters. The Morgan fingerprint density at radius 2 is 1.96 bits per heavy atom. The van der Waals surface area contributed by atoms with Crippen molar-refractivity contribution in [2.24, 2.45) is 0 Å². The lowest BCUT2D eigenvalue weighted by Crippen LogP contribution is -2.35. The lowest BCUT2D eigenvalue weighted by Gasteiger charge is -2.28. The first-order valence-corrected chi connectivity index (χ1v) is 9.02. The van der Waals surface area contributed by atoms with Crippen molar-refractivity contribution in [3.63, 3.8) is 0 Å². The maximum atomic E-state index is 13.1. The first-order valence-electron chi connectivity index (χ1n) is 9.02. The molecule has 0 aliphatic carbocycles. The molecule has 7 heteroatoms. The molecule has 1 aliphatic heterocycles. The number of hydrogen-bond donors (Lipinski definition) is 1. The summed E-state index contributed by atoms with van der Waals surface area (Å²) in [6, 6.07) is 12.4. The summed E-state index contributed by atoms with van der Waals surface area (Å²) in [5.41, 5.74) is 2.40. The van der Waals surface area contributed by atoms with Gasteiger partial charge in [0.2, 0.25) is 0 Å². The number of rotatable bonds is 5. The Hall–Kier alpha value is -2.90. The van der Waals surface area contributed by atoms with Crippen molar-refractivity contribution < 1.29 is 23.8 Å². The van der Waals surface area contributed by atoms with Crippen LogP contribution >= 0.6 is 0 Å². The van der Waals surface area contributed by atoms with Gasteiger partial charge >= 0.3 is 5.97 Å². The van der Waals surface area contributed by atoms with Crippen LogP contribution in [0.25, 0.3) is 0 Å². The number of carbonyl (C=O) groups is 2. The molecule has 0 saturated carbocycles. The Kier molecular flexibility index (Phi) is 6.28. The molecule has 2 aromatic rings. The van der Waals surface area contributed by atoms with E-state index in [4.69, 9.17) is 14.2 Å². The number of ether oxygens (including phenoxy) is 3. The van der Waals surface area contributed by atoms with Gasteiger partial charge in [0.25, 0.3) is 5.91 Å². The van der Waals surface area contributed by atoms with Crippen molar-refractivity contribution in [3.05, 3.63) is 59.2 Å². The number of morpholine rings is 1. The zero-order chi connectivity index (χ0) is 20.1. The molecule has 28 heavy (non-hydrogen) atoms. The summed E-state index contributed by atoms with van der Waals surface area (Å²) < 4.78 is 15.9. The largest absolute Gasteiger partial charge is 0.496 e. The van der Waals surface area contributed by atoms with Crippen molar-refractivity contribution >= 4 is 17.6 Å².